The fraction of sp³-hybridized carbons (Fsp3) is 0.707. The van der Waals surface area contributed by atoms with Gasteiger partial charge in [-0.25, -0.2) is 0 Å². The standard InChI is InChI=1S/C21H34O5.C20H32O5/c1-3-4-7-10-16(22)13-14-18-17(19(23)15-20(18)24)11-8-5-6-9-12-21(25)26-2;1-2-3-6-9-15(21)12-13-17-16(18(22)14-19(17)23)10-7-4-5-8-11-20(24)25/h5,8,13-14,16-18,20,22,24H,3-4,6-7,9-12,15H2,1-2H3;4,7,12-13,15-17,19,21,23H,2-3,5-6,8-11,14H2,1H3,(H,24,25)/b8-5-,14-13+;7-4-,13-12+/t16?,17-,18-,20?;15?,16-,17-,19?/m11/s1. The van der Waals surface area contributed by atoms with Gasteiger partial charge in [-0.1, -0.05) is 101 Å². The average Bonchev–Trinajstić information content (AvgIpc) is 3.52. The zero-order valence-electron chi connectivity index (χ0n) is 31.2. The van der Waals surface area contributed by atoms with Crippen molar-refractivity contribution in [3.63, 3.8) is 0 Å². The van der Waals surface area contributed by atoms with Gasteiger partial charge in [0.1, 0.15) is 11.6 Å². The number of carbonyl (C=O) groups excluding carboxylic acids is 3. The summed E-state index contributed by atoms with van der Waals surface area (Å²) in [6.07, 6.45) is 24.9. The second-order valence-electron chi connectivity index (χ2n) is 13.9. The molecule has 0 aromatic heterocycles. The summed E-state index contributed by atoms with van der Waals surface area (Å²) in [5.41, 5.74) is 0. The summed E-state index contributed by atoms with van der Waals surface area (Å²) < 4.78 is 4.59. The monoisotopic (exact) mass is 718 g/mol. The summed E-state index contributed by atoms with van der Waals surface area (Å²) in [5.74, 6) is -1.86. The topological polar surface area (TPSA) is 179 Å². The number of allylic oxidation sites excluding steroid dienone is 4. The maximum Gasteiger partial charge on any atom is 0.305 e. The lowest BCUT2D eigenvalue weighted by molar-refractivity contribution is -0.140. The lowest BCUT2D eigenvalue weighted by atomic mass is 9.90. The van der Waals surface area contributed by atoms with Crippen LogP contribution in [0.5, 0.6) is 0 Å². The van der Waals surface area contributed by atoms with Crippen molar-refractivity contribution in [3.05, 3.63) is 48.6 Å². The number of carboxylic acids is 1. The Morgan fingerprint density at radius 1 is 0.706 bits per heavy atom. The molecule has 8 atom stereocenters. The quantitative estimate of drug-likeness (QED) is 0.0415. The van der Waals surface area contributed by atoms with E-state index >= 15 is 0 Å². The molecule has 5 N–H and O–H groups in total. The molecule has 0 amide bonds. The summed E-state index contributed by atoms with van der Waals surface area (Å²) in [4.78, 5) is 45.7. The molecule has 4 unspecified atom stereocenters. The Labute approximate surface area is 305 Å². The van der Waals surface area contributed by atoms with Gasteiger partial charge < -0.3 is 30.3 Å². The van der Waals surface area contributed by atoms with Crippen LogP contribution in [0.2, 0.25) is 0 Å². The van der Waals surface area contributed by atoms with Crippen LogP contribution in [0.4, 0.5) is 0 Å². The number of methoxy groups -OCH3 is 1. The Hall–Kier alpha value is -2.92. The summed E-state index contributed by atoms with van der Waals surface area (Å²) in [5, 5.41) is 48.8. The Kier molecular flexibility index (Phi) is 25.0. The number of aliphatic hydroxyl groups is 4. The van der Waals surface area contributed by atoms with E-state index < -0.39 is 30.4 Å². The predicted molar refractivity (Wildman–Crippen MR) is 199 cm³/mol. The van der Waals surface area contributed by atoms with Gasteiger partial charge in [-0.15, -0.1) is 0 Å². The van der Waals surface area contributed by atoms with Crippen molar-refractivity contribution < 1.29 is 49.4 Å². The molecule has 2 aliphatic rings. The minimum atomic E-state index is -0.801. The maximum absolute atomic E-state index is 12.1. The average molecular weight is 719 g/mol. The third-order valence-corrected chi connectivity index (χ3v) is 9.64. The molecular formula is C41H66O10. The molecule has 10 heteroatoms. The molecule has 0 bridgehead atoms. The number of unbranched alkanes of at least 4 members (excludes halogenated alkanes) is 6. The molecule has 0 aromatic carbocycles. The van der Waals surface area contributed by atoms with Gasteiger partial charge >= 0.3 is 11.9 Å². The van der Waals surface area contributed by atoms with Crippen LogP contribution in [0.1, 0.15) is 129 Å². The summed E-state index contributed by atoms with van der Waals surface area (Å²) >= 11 is 0. The van der Waals surface area contributed by atoms with Crippen molar-refractivity contribution in [2.45, 2.75) is 154 Å². The van der Waals surface area contributed by atoms with Gasteiger partial charge in [-0.2, -0.15) is 0 Å². The van der Waals surface area contributed by atoms with Crippen molar-refractivity contribution in [2.24, 2.45) is 23.7 Å². The second kappa shape index (κ2) is 27.7. The van der Waals surface area contributed by atoms with E-state index in [9.17, 15) is 39.6 Å². The van der Waals surface area contributed by atoms with Gasteiger partial charge in [0.15, 0.2) is 0 Å². The van der Waals surface area contributed by atoms with Gasteiger partial charge in [0.05, 0.1) is 31.5 Å². The molecule has 290 valence electrons. The van der Waals surface area contributed by atoms with Crippen LogP contribution in [0, 0.1) is 23.7 Å². The number of hydrogen-bond acceptors (Lipinski definition) is 9. The fourth-order valence-electron chi connectivity index (χ4n) is 6.53. The molecule has 51 heavy (non-hydrogen) atoms. The third kappa shape index (κ3) is 20.0. The minimum Gasteiger partial charge on any atom is -0.481 e. The smallest absolute Gasteiger partial charge is 0.305 e. The minimum absolute atomic E-state index is 0.0535. The van der Waals surface area contributed by atoms with Gasteiger partial charge in [-0.3, -0.25) is 19.2 Å². The fourth-order valence-corrected chi connectivity index (χ4v) is 6.53. The number of aliphatic hydroxyl groups excluding tert-OH is 4. The van der Waals surface area contributed by atoms with E-state index in [4.69, 9.17) is 5.11 Å². The lowest BCUT2D eigenvalue weighted by Crippen LogP contribution is -2.18. The van der Waals surface area contributed by atoms with E-state index in [2.05, 4.69) is 18.6 Å². The molecular weight excluding hydrogens is 652 g/mol. The van der Waals surface area contributed by atoms with Gasteiger partial charge in [-0.05, 0) is 51.4 Å². The molecule has 10 nitrogen and oxygen atoms in total. The van der Waals surface area contributed by atoms with Crippen LogP contribution in [-0.2, 0) is 23.9 Å². The van der Waals surface area contributed by atoms with E-state index in [0.717, 1.165) is 51.4 Å². The Balaban J connectivity index is 0.000000510. The van der Waals surface area contributed by atoms with Crippen LogP contribution >= 0.6 is 0 Å². The van der Waals surface area contributed by atoms with E-state index in [1.807, 2.05) is 30.4 Å². The van der Waals surface area contributed by atoms with Crippen LogP contribution in [0.25, 0.3) is 0 Å². The SMILES string of the molecule is CCCCCC(O)/C=C/[C@H]1C(O)CC(=O)[C@@H]1C/C=C\CCCC(=O)O.CCCCCC(O)/C=C/[C@H]1C(O)CC(=O)[C@@H]1C/C=C\CCCC(=O)OC. The van der Waals surface area contributed by atoms with Crippen molar-refractivity contribution in [1.82, 2.24) is 0 Å². The molecule has 0 saturated heterocycles. The Bertz CT molecular complexity index is 1130. The van der Waals surface area contributed by atoms with Crippen LogP contribution < -0.4 is 0 Å². The van der Waals surface area contributed by atoms with E-state index in [-0.39, 0.29) is 60.5 Å². The number of aliphatic carboxylic acids is 1. The number of hydrogen-bond donors (Lipinski definition) is 5. The van der Waals surface area contributed by atoms with E-state index in [1.54, 1.807) is 18.2 Å². The zero-order valence-corrected chi connectivity index (χ0v) is 31.2. The second-order valence-corrected chi connectivity index (χ2v) is 13.9. The molecule has 2 saturated carbocycles. The first-order valence-electron chi connectivity index (χ1n) is 19.2. The number of Topliss-reactive ketones (excluding diaryl/α,β-unsaturated/α-hetero) is 2. The van der Waals surface area contributed by atoms with Crippen molar-refractivity contribution in [2.75, 3.05) is 7.11 Å². The van der Waals surface area contributed by atoms with Gasteiger partial charge in [0, 0.05) is 49.4 Å². The first-order chi connectivity index (χ1) is 24.4. The molecule has 2 rings (SSSR count). The van der Waals surface area contributed by atoms with Crippen molar-refractivity contribution in [1.29, 1.82) is 0 Å². The predicted octanol–water partition coefficient (Wildman–Crippen LogP) is 6.59. The first kappa shape index (κ1) is 46.1. The van der Waals surface area contributed by atoms with Gasteiger partial charge in [0.25, 0.3) is 0 Å². The summed E-state index contributed by atoms with van der Waals surface area (Å²) in [6, 6.07) is 0. The molecule has 2 fully saturated rings. The molecule has 0 aromatic rings. The van der Waals surface area contributed by atoms with E-state index in [0.29, 0.717) is 44.9 Å². The largest absolute Gasteiger partial charge is 0.481 e. The first-order valence-corrected chi connectivity index (χ1v) is 19.2. The maximum atomic E-state index is 12.1. The van der Waals surface area contributed by atoms with Gasteiger partial charge in [0.2, 0.25) is 0 Å². The summed E-state index contributed by atoms with van der Waals surface area (Å²) in [7, 11) is 1.38. The number of ketones is 2. The van der Waals surface area contributed by atoms with Crippen LogP contribution in [0.15, 0.2) is 48.6 Å². The normalized spacial score (nSPS) is 24.9. The highest BCUT2D eigenvalue weighted by molar-refractivity contribution is 5.85. The number of ether oxygens (including phenoxy) is 1. The number of carbonyl (C=O) groups is 4. The van der Waals surface area contributed by atoms with Crippen molar-refractivity contribution in [3.8, 4) is 0 Å². The Morgan fingerprint density at radius 2 is 1.14 bits per heavy atom. The van der Waals surface area contributed by atoms with Crippen LogP contribution in [-0.4, -0.2) is 80.6 Å². The summed E-state index contributed by atoms with van der Waals surface area (Å²) in [6.45, 7) is 4.23. The third-order valence-electron chi connectivity index (χ3n) is 9.64. The van der Waals surface area contributed by atoms with Crippen molar-refractivity contribution >= 4 is 23.5 Å². The lowest BCUT2D eigenvalue weighted by Gasteiger charge is -2.16. The zero-order chi connectivity index (χ0) is 38.0. The van der Waals surface area contributed by atoms with E-state index in [1.165, 1.54) is 7.11 Å². The highest BCUT2D eigenvalue weighted by atomic mass is 16.5. The molecule has 0 aliphatic heterocycles. The number of esters is 1. The highest BCUT2D eigenvalue weighted by Gasteiger charge is 2.40. The highest BCUT2D eigenvalue weighted by Crippen LogP contribution is 2.34. The molecule has 0 spiro atoms. The number of rotatable bonds is 24. The number of carboxylic acid groups (broad SMARTS) is 1. The molecule has 0 radical (unpaired) electrons. The molecule has 0 heterocycles. The molecule has 2 aliphatic carbocycles. The Morgan fingerprint density at radius 3 is 1.53 bits per heavy atom. The van der Waals surface area contributed by atoms with Crippen LogP contribution in [0.3, 0.4) is 0 Å².